The molecule has 0 spiro atoms. The van der Waals surface area contributed by atoms with Gasteiger partial charge in [0.2, 0.25) is 11.8 Å². The second-order valence-electron chi connectivity index (χ2n) is 32.8. The highest BCUT2D eigenvalue weighted by molar-refractivity contribution is 6.02. The quantitative estimate of drug-likeness (QED) is 0.00583. The van der Waals surface area contributed by atoms with Crippen molar-refractivity contribution < 1.29 is 86.1 Å². The van der Waals surface area contributed by atoms with Gasteiger partial charge in [0.05, 0.1) is 25.5 Å². The summed E-state index contributed by atoms with van der Waals surface area (Å²) in [5, 5.41) is 38.1. The number of nitrogens with zero attached hydrogens (tertiary/aromatic N) is 9. The van der Waals surface area contributed by atoms with E-state index in [2.05, 4.69) is 104 Å². The summed E-state index contributed by atoms with van der Waals surface area (Å²) in [7, 11) is 0. The fourth-order valence-corrected chi connectivity index (χ4v) is 10.7. The Morgan fingerprint density at radius 1 is 0.459 bits per heavy atom. The molecule has 0 radical (unpaired) electrons. The number of hydrogen-bond donors (Lipinski definition) is 6. The molecule has 2 aromatic heterocycles. The first-order valence-electron chi connectivity index (χ1n) is 37.1. The van der Waals surface area contributed by atoms with Gasteiger partial charge in [-0.1, -0.05) is 104 Å². The smallest absolute Gasteiger partial charge is 0.373 e. The van der Waals surface area contributed by atoms with E-state index in [0.717, 1.165) is 38.5 Å². The fraction of sp³-hybridized carbons (Fsp3) is 0.711. The van der Waals surface area contributed by atoms with E-state index in [-0.39, 0.29) is 115 Å². The van der Waals surface area contributed by atoms with Crippen molar-refractivity contribution in [1.82, 2.24) is 61.9 Å². The van der Waals surface area contributed by atoms with Gasteiger partial charge in [0.1, 0.15) is 40.3 Å². The lowest BCUT2D eigenvalue weighted by atomic mass is 9.80. The van der Waals surface area contributed by atoms with Crippen molar-refractivity contribution in [2.24, 2.45) is 21.4 Å². The van der Waals surface area contributed by atoms with Crippen molar-refractivity contribution in [1.29, 1.82) is 0 Å². The van der Waals surface area contributed by atoms with Crippen molar-refractivity contribution in [3.63, 3.8) is 0 Å². The third kappa shape index (κ3) is 49.7. The molecule has 33 heteroatoms. The first-order valence-corrected chi connectivity index (χ1v) is 37.1. The number of carbonyl (C=O) groups is 9. The van der Waals surface area contributed by atoms with Crippen LogP contribution >= 0.6 is 0 Å². The van der Waals surface area contributed by atoms with E-state index in [1.54, 1.807) is 90.1 Å². The van der Waals surface area contributed by atoms with Crippen LogP contribution in [-0.2, 0) is 93.1 Å². The van der Waals surface area contributed by atoms with Gasteiger partial charge in [-0.05, 0) is 186 Å². The molecule has 0 aliphatic heterocycles. The molecule has 3 aromatic rings. The molecule has 6 amide bonds. The Morgan fingerprint density at radius 3 is 1.19 bits per heavy atom. The summed E-state index contributed by atoms with van der Waals surface area (Å²) >= 11 is 0. The molecule has 4 atom stereocenters. The van der Waals surface area contributed by atoms with E-state index in [4.69, 9.17) is 43.0 Å². The third-order valence-corrected chi connectivity index (χ3v) is 16.1. The van der Waals surface area contributed by atoms with Crippen LogP contribution in [0.4, 0.5) is 15.3 Å². The van der Waals surface area contributed by atoms with Crippen molar-refractivity contribution in [2.75, 3.05) is 0 Å². The summed E-state index contributed by atoms with van der Waals surface area (Å²) in [4.78, 5) is 169. The molecule has 3 rings (SSSR count). The maximum atomic E-state index is 13.3. The van der Waals surface area contributed by atoms with Crippen LogP contribution in [0.1, 0.15) is 298 Å². The predicted octanol–water partition coefficient (Wildman–Crippen LogP) is 11.9. The third-order valence-electron chi connectivity index (χ3n) is 16.1. The lowest BCUT2D eigenvalue weighted by Crippen LogP contribution is -2.53. The summed E-state index contributed by atoms with van der Waals surface area (Å²) in [5.41, 5.74) is 8.53. The minimum atomic E-state index is -1.07. The summed E-state index contributed by atoms with van der Waals surface area (Å²) in [6.45, 7) is 36.2. The lowest BCUT2D eigenvalue weighted by molar-refractivity contribution is -0.193. The zero-order valence-electron chi connectivity index (χ0n) is 67.5. The zero-order chi connectivity index (χ0) is 83.2. The Morgan fingerprint density at radius 2 is 0.826 bits per heavy atom. The van der Waals surface area contributed by atoms with Gasteiger partial charge in [-0.3, -0.25) is 33.3 Å². The van der Waals surface area contributed by atoms with Crippen LogP contribution in [0.25, 0.3) is 10.4 Å². The first-order chi connectivity index (χ1) is 50.7. The number of urea groups is 2. The largest absolute Gasteiger partial charge is 0.460 e. The van der Waals surface area contributed by atoms with Gasteiger partial charge in [-0.25, -0.2) is 19.2 Å². The normalized spacial score (nSPS) is 12.5. The molecule has 2 heterocycles. The summed E-state index contributed by atoms with van der Waals surface area (Å²) in [5.74, 6) is -2.25. The van der Waals surface area contributed by atoms with Gasteiger partial charge in [0.15, 0.2) is 11.6 Å². The Kier molecular flexibility index (Phi) is 46.2. The zero-order valence-corrected chi connectivity index (χ0v) is 67.5. The monoisotopic (exact) mass is 1530 g/mol. The van der Waals surface area contributed by atoms with Crippen LogP contribution in [0.15, 0.2) is 35.7 Å². The molecular weight excluding hydrogens is 1410 g/mol. The van der Waals surface area contributed by atoms with Crippen molar-refractivity contribution >= 4 is 77.5 Å². The molecule has 608 valence electrons. The molecule has 0 saturated heterocycles. The van der Waals surface area contributed by atoms with Gasteiger partial charge in [-0.15, -0.1) is 10.2 Å². The lowest BCUT2D eigenvalue weighted by Gasteiger charge is -2.34. The molecule has 0 aliphatic rings. The summed E-state index contributed by atoms with van der Waals surface area (Å²) in [6, 6.07) is 1.33. The first kappa shape index (κ1) is 99.2. The van der Waals surface area contributed by atoms with Crippen LogP contribution in [-0.4, -0.2) is 143 Å². The topological polar surface area (TPSA) is 466 Å². The number of amides is 6. The summed E-state index contributed by atoms with van der Waals surface area (Å²) < 4.78 is 20.0. The van der Waals surface area contributed by atoms with Crippen LogP contribution in [0, 0.1) is 16.2 Å². The van der Waals surface area contributed by atoms with Gasteiger partial charge in [0, 0.05) is 79.0 Å². The number of azide groups is 1. The van der Waals surface area contributed by atoms with Crippen LogP contribution in [0.3, 0.4) is 0 Å². The molecular formula is C76H121N15O18. The SMILES string of the molecule is CC(C)(C)CC[C@H](NC(=O)N[C@@H](CCCCn1cc(CNC(=O)CCCCCCC(=O)c2cc(N=[N+]=[N-])cc(C(=O)CCCCCCC(=O)NCc3cn(CCCC[C@H](NC(=O)N[C@@H](CCC(=O)OC(C)(C)C)C(=O)OC(C)(C)C)C(C)(C)C)nn3)c2)nn1)C(=O)OC(C)(C)C)C(C)(C)C.O=C=O.O=C=O.O=C=O. The summed E-state index contributed by atoms with van der Waals surface area (Å²) in [6.07, 6.45) is 15.9. The number of benzene rings is 1. The van der Waals surface area contributed by atoms with E-state index >= 15 is 0 Å². The van der Waals surface area contributed by atoms with Gasteiger partial charge < -0.3 is 46.1 Å². The molecule has 0 unspecified atom stereocenters. The van der Waals surface area contributed by atoms with E-state index in [1.165, 1.54) is 12.1 Å². The highest BCUT2D eigenvalue weighted by Crippen LogP contribution is 2.30. The number of ketones is 2. The highest BCUT2D eigenvalue weighted by atomic mass is 16.6. The number of esters is 3. The fourth-order valence-electron chi connectivity index (χ4n) is 10.7. The second kappa shape index (κ2) is 50.7. The number of aromatic nitrogens is 6. The minimum Gasteiger partial charge on any atom is -0.460 e. The maximum Gasteiger partial charge on any atom is 0.373 e. The van der Waals surface area contributed by atoms with Crippen LogP contribution in [0.2, 0.25) is 0 Å². The molecule has 0 aliphatic carbocycles. The number of carbonyl (C=O) groups excluding carboxylic acids is 15. The highest BCUT2D eigenvalue weighted by Gasteiger charge is 2.34. The van der Waals surface area contributed by atoms with Crippen LogP contribution in [0.5, 0.6) is 0 Å². The van der Waals surface area contributed by atoms with Crippen molar-refractivity contribution in [3.8, 4) is 0 Å². The number of Topliss-reactive ketones (excluding diaryl/α,β-unsaturated/α-hetero) is 2. The molecule has 0 fully saturated rings. The molecule has 0 bridgehead atoms. The van der Waals surface area contributed by atoms with Gasteiger partial charge >= 0.3 is 48.4 Å². The second-order valence-corrected chi connectivity index (χ2v) is 32.8. The Bertz CT molecular complexity index is 3460. The van der Waals surface area contributed by atoms with Crippen molar-refractivity contribution in [2.45, 2.75) is 333 Å². The number of ether oxygens (including phenoxy) is 3. The predicted molar refractivity (Wildman–Crippen MR) is 399 cm³/mol. The molecule has 0 saturated carbocycles. The Hall–Kier alpha value is -9.82. The molecule has 1 aromatic carbocycles. The number of aryl methyl sites for hydroxylation is 2. The maximum absolute atomic E-state index is 13.3. The molecule has 109 heavy (non-hydrogen) atoms. The average molecular weight is 1530 g/mol. The van der Waals surface area contributed by atoms with E-state index < -0.39 is 58.9 Å². The number of hydrogen-bond acceptors (Lipinski definition) is 23. The number of nitrogens with one attached hydrogen (secondary N) is 6. The standard InChI is InChI=1S/C73H121N15O12.3CO2/c1-68(2,3)40-39-60(70(7,8)9)80-66(96)77-55(64(94)99-72(13,14)15)31-27-29-41-87-48-53(82-85-87)46-75-61(91)35-25-21-19-23-32-57(89)50-43-51(45-52(44-50)81-84-74)58(90)33-24-20-22-26-36-62(92)76-47-54-49-88(86-83-54)42-30-28-34-59(69(4,5)6)79-67(97)78-56(65(95)100-73(16,17)18)37-38-63(93)98-71(10,11)12;3*2-1-3/h43-45,48-49,55-56,59-60H,19-42,46-47H2,1-18H3,(H,75,91)(H,76,92)(H2,77,80,96)(H2,78,79,97);;;/t55-,56-,59-,60-;;;/m0.../s1. The van der Waals surface area contributed by atoms with E-state index in [0.29, 0.717) is 113 Å². The molecule has 6 N–H and O–H groups in total. The Balaban J connectivity index is 0.0000123. The van der Waals surface area contributed by atoms with E-state index in [9.17, 15) is 48.7 Å². The molecule has 33 nitrogen and oxygen atoms in total. The minimum absolute atomic E-state index is 0.0103. The van der Waals surface area contributed by atoms with Crippen LogP contribution < -0.4 is 31.9 Å². The van der Waals surface area contributed by atoms with Gasteiger partial charge in [0.25, 0.3) is 0 Å². The van der Waals surface area contributed by atoms with Gasteiger partial charge in [-0.2, -0.15) is 28.8 Å². The van der Waals surface area contributed by atoms with E-state index in [1.807, 2.05) is 20.8 Å². The van der Waals surface area contributed by atoms with Crippen molar-refractivity contribution in [3.05, 3.63) is 63.6 Å². The Labute approximate surface area is 640 Å². The average Bonchev–Trinajstić information content (AvgIpc) is 1.28. The number of rotatable bonds is 42. The number of unbranched alkanes of at least 4 members (excludes halogenated alkanes) is 8.